The highest BCUT2D eigenvalue weighted by Crippen LogP contribution is 2.35. The normalized spacial score (nSPS) is 11.1. The molecule has 0 saturated carbocycles. The first-order valence-electron chi connectivity index (χ1n) is 5.24. The van der Waals surface area contributed by atoms with Crippen molar-refractivity contribution < 1.29 is 9.34 Å². The maximum atomic E-state index is 10.8. The number of benzene rings is 2. The molecule has 1 aromatic heterocycles. The number of furan rings is 1. The molecule has 2 aromatic carbocycles. The fourth-order valence-corrected chi connectivity index (χ4v) is 2.19. The Bertz CT molecular complexity index is 743. The summed E-state index contributed by atoms with van der Waals surface area (Å²) in [6.07, 6.45) is 0. The molecule has 0 saturated heterocycles. The average molecular weight is 227 g/mol. The molecule has 1 heterocycles. The third kappa shape index (κ3) is 1.30. The Kier molecular flexibility index (Phi) is 1.92. The molecule has 4 heteroatoms. The van der Waals surface area contributed by atoms with Crippen LogP contribution < -0.4 is 0 Å². The molecule has 84 valence electrons. The third-order valence-electron chi connectivity index (χ3n) is 2.96. The predicted molar refractivity (Wildman–Crippen MR) is 65.1 cm³/mol. The van der Waals surface area contributed by atoms with E-state index in [2.05, 4.69) is 0 Å². The van der Waals surface area contributed by atoms with Gasteiger partial charge in [0.05, 0.1) is 5.56 Å². The van der Waals surface area contributed by atoms with Crippen LogP contribution in [-0.2, 0) is 0 Å². The molecule has 0 bridgehead atoms. The van der Waals surface area contributed by atoms with Crippen LogP contribution in [0.1, 0.15) is 5.56 Å². The van der Waals surface area contributed by atoms with Crippen molar-refractivity contribution in [2.75, 3.05) is 0 Å². The number of aryl methyl sites for hydroxylation is 1. The fourth-order valence-electron chi connectivity index (χ4n) is 2.19. The van der Waals surface area contributed by atoms with Gasteiger partial charge in [-0.05, 0) is 23.8 Å². The van der Waals surface area contributed by atoms with Gasteiger partial charge in [0.1, 0.15) is 10.5 Å². The van der Waals surface area contributed by atoms with Crippen molar-refractivity contribution in [2.45, 2.75) is 6.92 Å². The molecule has 0 atom stereocenters. The lowest BCUT2D eigenvalue weighted by Crippen LogP contribution is -1.86. The van der Waals surface area contributed by atoms with Gasteiger partial charge in [-0.15, -0.1) is 0 Å². The van der Waals surface area contributed by atoms with Gasteiger partial charge in [-0.25, -0.2) is 0 Å². The van der Waals surface area contributed by atoms with E-state index in [1.807, 2.05) is 30.3 Å². The maximum absolute atomic E-state index is 10.8. The molecular weight excluding hydrogens is 218 g/mol. The number of fused-ring (bicyclic) bond motifs is 3. The molecule has 0 amide bonds. The maximum Gasteiger partial charge on any atom is 0.437 e. The summed E-state index contributed by atoms with van der Waals surface area (Å²) in [5.74, 6) is -0.170. The average Bonchev–Trinajstić information content (AvgIpc) is 2.67. The summed E-state index contributed by atoms with van der Waals surface area (Å²) in [4.78, 5) is 10.4. The Hall–Kier alpha value is -2.36. The highest BCUT2D eigenvalue weighted by atomic mass is 16.6. The number of hydrogen-bond donors (Lipinski definition) is 0. The van der Waals surface area contributed by atoms with Crippen molar-refractivity contribution in [3.8, 4) is 0 Å². The third-order valence-corrected chi connectivity index (χ3v) is 2.96. The van der Waals surface area contributed by atoms with E-state index in [1.54, 1.807) is 13.0 Å². The van der Waals surface area contributed by atoms with Crippen molar-refractivity contribution >= 4 is 27.6 Å². The quantitative estimate of drug-likeness (QED) is 0.469. The first kappa shape index (κ1) is 9.84. The van der Waals surface area contributed by atoms with Crippen LogP contribution in [0.15, 0.2) is 40.8 Å². The van der Waals surface area contributed by atoms with E-state index >= 15 is 0 Å². The first-order valence-corrected chi connectivity index (χ1v) is 5.24. The van der Waals surface area contributed by atoms with Crippen molar-refractivity contribution in [1.82, 2.24) is 0 Å². The van der Waals surface area contributed by atoms with Crippen LogP contribution in [0.2, 0.25) is 0 Å². The minimum atomic E-state index is -0.482. The molecule has 0 fully saturated rings. The smallest absolute Gasteiger partial charge is 0.400 e. The zero-order valence-electron chi connectivity index (χ0n) is 9.14. The monoisotopic (exact) mass is 227 g/mol. The molecule has 0 aliphatic rings. The van der Waals surface area contributed by atoms with E-state index in [0.29, 0.717) is 11.1 Å². The Morgan fingerprint density at radius 2 is 1.94 bits per heavy atom. The van der Waals surface area contributed by atoms with E-state index in [1.165, 1.54) is 0 Å². The number of hydrogen-bond acceptors (Lipinski definition) is 3. The second-order valence-electron chi connectivity index (χ2n) is 3.95. The lowest BCUT2D eigenvalue weighted by Gasteiger charge is -1.97. The van der Waals surface area contributed by atoms with Gasteiger partial charge in [-0.3, -0.25) is 10.1 Å². The molecule has 0 aliphatic carbocycles. The standard InChI is InChI=1S/C13H9NO3/c1-8-12-10-5-3-2-4-9(10)6-7-11(12)17-13(8)14(15)16/h2-7H,1H3. The Morgan fingerprint density at radius 3 is 2.71 bits per heavy atom. The van der Waals surface area contributed by atoms with Gasteiger partial charge >= 0.3 is 5.88 Å². The van der Waals surface area contributed by atoms with Gasteiger partial charge in [0, 0.05) is 5.39 Å². The van der Waals surface area contributed by atoms with Gasteiger partial charge in [0.15, 0.2) is 0 Å². The number of nitro groups is 1. The molecule has 3 rings (SSSR count). The lowest BCUT2D eigenvalue weighted by molar-refractivity contribution is -0.402. The molecule has 4 nitrogen and oxygen atoms in total. The van der Waals surface area contributed by atoms with Crippen molar-refractivity contribution in [3.05, 3.63) is 52.1 Å². The topological polar surface area (TPSA) is 56.3 Å². The SMILES string of the molecule is Cc1c([N+](=O)[O-])oc2ccc3ccccc3c12. The Morgan fingerprint density at radius 1 is 1.18 bits per heavy atom. The van der Waals surface area contributed by atoms with Crippen LogP contribution in [0.4, 0.5) is 5.88 Å². The zero-order chi connectivity index (χ0) is 12.0. The summed E-state index contributed by atoms with van der Waals surface area (Å²) in [6.45, 7) is 1.72. The van der Waals surface area contributed by atoms with Gasteiger partial charge in [-0.1, -0.05) is 30.3 Å². The predicted octanol–water partition coefficient (Wildman–Crippen LogP) is 3.80. The fraction of sp³-hybridized carbons (Fsp3) is 0.0769. The molecule has 0 aliphatic heterocycles. The summed E-state index contributed by atoms with van der Waals surface area (Å²) in [5.41, 5.74) is 1.15. The number of nitrogens with zero attached hydrogens (tertiary/aromatic N) is 1. The van der Waals surface area contributed by atoms with Gasteiger partial charge in [0.25, 0.3) is 0 Å². The summed E-state index contributed by atoms with van der Waals surface area (Å²) >= 11 is 0. The first-order chi connectivity index (χ1) is 8.18. The van der Waals surface area contributed by atoms with E-state index in [-0.39, 0.29) is 5.88 Å². The molecule has 0 unspecified atom stereocenters. The van der Waals surface area contributed by atoms with Gasteiger partial charge in [-0.2, -0.15) is 0 Å². The second kappa shape index (κ2) is 3.31. The van der Waals surface area contributed by atoms with Crippen molar-refractivity contribution in [3.63, 3.8) is 0 Å². The summed E-state index contributed by atoms with van der Waals surface area (Å²) in [5, 5.41) is 13.7. The molecule has 17 heavy (non-hydrogen) atoms. The second-order valence-corrected chi connectivity index (χ2v) is 3.95. The molecular formula is C13H9NO3. The summed E-state index contributed by atoms with van der Waals surface area (Å²) < 4.78 is 5.27. The van der Waals surface area contributed by atoms with Crippen LogP contribution in [0.5, 0.6) is 0 Å². The van der Waals surface area contributed by atoms with Crippen LogP contribution in [0.3, 0.4) is 0 Å². The van der Waals surface area contributed by atoms with Crippen molar-refractivity contribution in [2.24, 2.45) is 0 Å². The van der Waals surface area contributed by atoms with Gasteiger partial charge < -0.3 is 4.42 Å². The number of rotatable bonds is 1. The van der Waals surface area contributed by atoms with Crippen LogP contribution in [-0.4, -0.2) is 4.92 Å². The van der Waals surface area contributed by atoms with E-state index in [4.69, 9.17) is 4.42 Å². The van der Waals surface area contributed by atoms with E-state index < -0.39 is 4.92 Å². The minimum absolute atomic E-state index is 0.170. The minimum Gasteiger partial charge on any atom is -0.400 e. The molecule has 0 N–H and O–H groups in total. The van der Waals surface area contributed by atoms with Crippen molar-refractivity contribution in [1.29, 1.82) is 0 Å². The highest BCUT2D eigenvalue weighted by molar-refractivity contribution is 6.08. The zero-order valence-corrected chi connectivity index (χ0v) is 9.14. The Labute approximate surface area is 96.6 Å². The largest absolute Gasteiger partial charge is 0.437 e. The Balaban J connectivity index is 2.53. The van der Waals surface area contributed by atoms with E-state index in [9.17, 15) is 10.1 Å². The lowest BCUT2D eigenvalue weighted by atomic mass is 10.0. The summed E-state index contributed by atoms with van der Waals surface area (Å²) in [7, 11) is 0. The van der Waals surface area contributed by atoms with Gasteiger partial charge in [0.2, 0.25) is 0 Å². The highest BCUT2D eigenvalue weighted by Gasteiger charge is 2.21. The summed E-state index contributed by atoms with van der Waals surface area (Å²) in [6, 6.07) is 11.5. The van der Waals surface area contributed by atoms with Crippen LogP contribution in [0.25, 0.3) is 21.7 Å². The molecule has 3 aromatic rings. The molecule has 0 radical (unpaired) electrons. The van der Waals surface area contributed by atoms with Crippen LogP contribution >= 0.6 is 0 Å². The van der Waals surface area contributed by atoms with Crippen LogP contribution in [0, 0.1) is 17.0 Å². The molecule has 0 spiro atoms. The van der Waals surface area contributed by atoms with E-state index in [0.717, 1.165) is 16.2 Å².